The average Bonchev–Trinajstić information content (AvgIpc) is 2.24. The summed E-state index contributed by atoms with van der Waals surface area (Å²) in [5, 5.41) is 0. The Morgan fingerprint density at radius 3 is 2.25 bits per heavy atom. The Morgan fingerprint density at radius 1 is 1.12 bits per heavy atom. The van der Waals surface area contributed by atoms with Crippen LogP contribution in [-0.2, 0) is 16.3 Å². The van der Waals surface area contributed by atoms with Crippen molar-refractivity contribution in [2.45, 2.75) is 31.1 Å². The van der Waals surface area contributed by atoms with Crippen LogP contribution in [0.2, 0.25) is 0 Å². The van der Waals surface area contributed by atoms with Crippen LogP contribution in [0.15, 0.2) is 41.3 Å². The van der Waals surface area contributed by atoms with Gasteiger partial charge in [0.05, 0.1) is 4.90 Å². The third-order valence-electron chi connectivity index (χ3n) is 2.33. The van der Waals surface area contributed by atoms with Gasteiger partial charge in [0.2, 0.25) is 0 Å². The normalized spacial score (nSPS) is 12.1. The van der Waals surface area contributed by atoms with Crippen LogP contribution in [0.4, 0.5) is 0 Å². The van der Waals surface area contributed by atoms with Crippen LogP contribution >= 0.6 is 0 Å². The van der Waals surface area contributed by atoms with E-state index in [1.165, 1.54) is 6.26 Å². The van der Waals surface area contributed by atoms with Gasteiger partial charge in [0.15, 0.2) is 9.84 Å². The average molecular weight is 238 g/mol. The second kappa shape index (κ2) is 5.85. The van der Waals surface area contributed by atoms with Gasteiger partial charge in [0.1, 0.15) is 0 Å². The fraction of sp³-hybridized carbons (Fsp3) is 0.385. The van der Waals surface area contributed by atoms with Crippen LogP contribution in [0, 0.1) is 0 Å². The quantitative estimate of drug-likeness (QED) is 0.739. The maximum atomic E-state index is 11.2. The van der Waals surface area contributed by atoms with Crippen molar-refractivity contribution in [1.82, 2.24) is 0 Å². The van der Waals surface area contributed by atoms with Gasteiger partial charge in [-0.25, -0.2) is 8.42 Å². The fourth-order valence-corrected chi connectivity index (χ4v) is 2.01. The van der Waals surface area contributed by atoms with Gasteiger partial charge in [-0.2, -0.15) is 0 Å². The molecule has 0 amide bonds. The summed E-state index contributed by atoms with van der Waals surface area (Å²) >= 11 is 0. The zero-order valence-corrected chi connectivity index (χ0v) is 10.6. The van der Waals surface area contributed by atoms with Gasteiger partial charge in [-0.3, -0.25) is 0 Å². The minimum absolute atomic E-state index is 0.383. The Balaban J connectivity index is 2.66. The minimum Gasteiger partial charge on any atom is -0.224 e. The standard InChI is InChI=1S/C13H18O2S/c1-3-4-5-6-7-12-8-10-13(11-9-12)16(2,14)15/h5-6,8-11H,3-4,7H2,1-2H3. The molecule has 1 aromatic rings. The molecular weight excluding hydrogens is 220 g/mol. The Kier molecular flexibility index (Phi) is 4.74. The highest BCUT2D eigenvalue weighted by Crippen LogP contribution is 2.11. The van der Waals surface area contributed by atoms with Crippen molar-refractivity contribution in [2.24, 2.45) is 0 Å². The molecule has 1 aromatic carbocycles. The molecule has 0 radical (unpaired) electrons. The van der Waals surface area contributed by atoms with E-state index in [9.17, 15) is 8.42 Å². The number of unbranched alkanes of at least 4 members (excludes halogenated alkanes) is 1. The smallest absolute Gasteiger partial charge is 0.175 e. The van der Waals surface area contributed by atoms with Crippen molar-refractivity contribution < 1.29 is 8.42 Å². The maximum absolute atomic E-state index is 11.2. The SMILES string of the molecule is CCCC=CCc1ccc(S(C)(=O)=O)cc1. The van der Waals surface area contributed by atoms with E-state index in [0.29, 0.717) is 4.90 Å². The predicted octanol–water partition coefficient (Wildman–Crippen LogP) is 2.99. The third kappa shape index (κ3) is 4.19. The molecule has 0 aliphatic carbocycles. The fourth-order valence-electron chi connectivity index (χ4n) is 1.38. The van der Waals surface area contributed by atoms with Crippen molar-refractivity contribution in [1.29, 1.82) is 0 Å². The molecular formula is C13H18O2S. The van der Waals surface area contributed by atoms with Crippen molar-refractivity contribution in [3.8, 4) is 0 Å². The van der Waals surface area contributed by atoms with Crippen LogP contribution in [0.5, 0.6) is 0 Å². The summed E-state index contributed by atoms with van der Waals surface area (Å²) in [6.45, 7) is 2.14. The molecule has 16 heavy (non-hydrogen) atoms. The van der Waals surface area contributed by atoms with Gasteiger partial charge in [-0.1, -0.05) is 37.6 Å². The Morgan fingerprint density at radius 2 is 1.75 bits per heavy atom. The molecule has 0 saturated carbocycles. The van der Waals surface area contributed by atoms with E-state index in [0.717, 1.165) is 24.8 Å². The minimum atomic E-state index is -3.07. The largest absolute Gasteiger partial charge is 0.224 e. The van der Waals surface area contributed by atoms with Crippen molar-refractivity contribution >= 4 is 9.84 Å². The molecule has 0 atom stereocenters. The number of sulfone groups is 1. The zero-order chi connectivity index (χ0) is 12.0. The van der Waals surface area contributed by atoms with Crippen LogP contribution in [0.1, 0.15) is 25.3 Å². The monoisotopic (exact) mass is 238 g/mol. The first-order valence-electron chi connectivity index (χ1n) is 5.48. The second-order valence-electron chi connectivity index (χ2n) is 3.88. The summed E-state index contributed by atoms with van der Waals surface area (Å²) in [7, 11) is -3.07. The molecule has 0 bridgehead atoms. The van der Waals surface area contributed by atoms with Crippen molar-refractivity contribution in [3.05, 3.63) is 42.0 Å². The Hall–Kier alpha value is -1.09. The molecule has 0 N–H and O–H groups in total. The number of hydrogen-bond acceptors (Lipinski definition) is 2. The lowest BCUT2D eigenvalue weighted by atomic mass is 10.1. The van der Waals surface area contributed by atoms with Crippen LogP contribution in [-0.4, -0.2) is 14.7 Å². The van der Waals surface area contributed by atoms with E-state index in [1.807, 2.05) is 12.1 Å². The summed E-state index contributed by atoms with van der Waals surface area (Å²) in [5.41, 5.74) is 1.14. The van der Waals surface area contributed by atoms with E-state index in [1.54, 1.807) is 12.1 Å². The van der Waals surface area contributed by atoms with Crippen molar-refractivity contribution in [3.63, 3.8) is 0 Å². The molecule has 0 unspecified atom stereocenters. The molecule has 0 aromatic heterocycles. The lowest BCUT2D eigenvalue weighted by molar-refractivity contribution is 0.602. The molecule has 0 fully saturated rings. The van der Waals surface area contributed by atoms with Gasteiger partial charge in [0.25, 0.3) is 0 Å². The highest BCUT2D eigenvalue weighted by molar-refractivity contribution is 7.90. The van der Waals surface area contributed by atoms with Gasteiger partial charge in [0, 0.05) is 6.26 Å². The van der Waals surface area contributed by atoms with E-state index in [4.69, 9.17) is 0 Å². The molecule has 1 rings (SSSR count). The Bertz CT molecular complexity index is 441. The first-order valence-corrected chi connectivity index (χ1v) is 7.37. The highest BCUT2D eigenvalue weighted by atomic mass is 32.2. The molecule has 0 heterocycles. The first-order chi connectivity index (χ1) is 7.54. The third-order valence-corrected chi connectivity index (χ3v) is 3.46. The molecule has 2 nitrogen and oxygen atoms in total. The maximum Gasteiger partial charge on any atom is 0.175 e. The van der Waals surface area contributed by atoms with Gasteiger partial charge in [-0.05, 0) is 30.5 Å². The summed E-state index contributed by atoms with van der Waals surface area (Å²) < 4.78 is 22.5. The topological polar surface area (TPSA) is 34.1 Å². The van der Waals surface area contributed by atoms with Gasteiger partial charge < -0.3 is 0 Å². The van der Waals surface area contributed by atoms with Crippen LogP contribution in [0.3, 0.4) is 0 Å². The van der Waals surface area contributed by atoms with Crippen molar-refractivity contribution in [2.75, 3.05) is 6.26 Å². The van der Waals surface area contributed by atoms with Crippen LogP contribution < -0.4 is 0 Å². The summed E-state index contributed by atoms with van der Waals surface area (Å²) in [6, 6.07) is 7.07. The number of benzene rings is 1. The second-order valence-corrected chi connectivity index (χ2v) is 5.90. The number of allylic oxidation sites excluding steroid dienone is 2. The molecule has 0 aliphatic heterocycles. The Labute approximate surface area is 97.9 Å². The van der Waals surface area contributed by atoms with E-state index >= 15 is 0 Å². The molecule has 88 valence electrons. The highest BCUT2D eigenvalue weighted by Gasteiger charge is 2.05. The van der Waals surface area contributed by atoms with Gasteiger partial charge >= 0.3 is 0 Å². The molecule has 0 saturated heterocycles. The summed E-state index contributed by atoms with van der Waals surface area (Å²) in [4.78, 5) is 0.383. The zero-order valence-electron chi connectivity index (χ0n) is 9.81. The lowest BCUT2D eigenvalue weighted by Gasteiger charge is -2.00. The summed E-state index contributed by atoms with van der Waals surface area (Å²) in [6.07, 6.45) is 8.63. The van der Waals surface area contributed by atoms with E-state index < -0.39 is 9.84 Å². The molecule has 3 heteroatoms. The number of hydrogen-bond donors (Lipinski definition) is 0. The first kappa shape index (κ1) is 13.0. The van der Waals surface area contributed by atoms with E-state index in [-0.39, 0.29) is 0 Å². The molecule has 0 spiro atoms. The van der Waals surface area contributed by atoms with E-state index in [2.05, 4.69) is 19.1 Å². The predicted molar refractivity (Wildman–Crippen MR) is 67.3 cm³/mol. The van der Waals surface area contributed by atoms with Gasteiger partial charge in [-0.15, -0.1) is 0 Å². The lowest BCUT2D eigenvalue weighted by Crippen LogP contribution is -1.96. The van der Waals surface area contributed by atoms with Crippen LogP contribution in [0.25, 0.3) is 0 Å². The molecule has 0 aliphatic rings. The summed E-state index contributed by atoms with van der Waals surface area (Å²) in [5.74, 6) is 0. The number of rotatable bonds is 5.